The molecule has 0 spiro atoms. The monoisotopic (exact) mass is 403 g/mol. The fourth-order valence-corrected chi connectivity index (χ4v) is 4.01. The molecule has 0 aromatic carbocycles. The molecule has 0 saturated heterocycles. The third-order valence-corrected chi connectivity index (χ3v) is 10.6. The Hall–Kier alpha value is -1.12. The molecule has 0 radical (unpaired) electrons. The molecule has 0 heterocycles. The van der Waals surface area contributed by atoms with Crippen molar-refractivity contribution in [3.05, 3.63) is 58.7 Å². The van der Waals surface area contributed by atoms with Gasteiger partial charge < -0.3 is 4.43 Å². The average Bonchev–Trinajstić information content (AvgIpc) is 2.58. The van der Waals surface area contributed by atoms with Gasteiger partial charge in [0.25, 0.3) is 0 Å². The Morgan fingerprint density at radius 2 is 1.86 bits per heavy atom. The molecule has 1 aliphatic carbocycles. The Balaban J connectivity index is 3.02. The number of allylic oxidation sites excluding steroid dienone is 9. The first kappa shape index (κ1) is 20.2. The van der Waals surface area contributed by atoms with Crippen molar-refractivity contribution in [2.75, 3.05) is 6.61 Å². The highest BCUT2D eigenvalue weighted by atomic mass is 28.4. The highest BCUT2D eigenvalue weighted by Crippen LogP contribution is 2.40. The minimum Gasteiger partial charge on any atom is -0.413 e. The predicted molar refractivity (Wildman–Crippen MR) is 129 cm³/mol. The molecule has 0 aliphatic heterocycles. The predicted octanol–water partition coefficient (Wildman–Crippen LogP) is 8.54. The molecular formula is C26H44OSi. The van der Waals surface area contributed by atoms with Gasteiger partial charge in [0.15, 0.2) is 8.32 Å². The minimum absolute atomic E-state index is 0.0138. The maximum Gasteiger partial charge on any atom is 0.192 e. The van der Waals surface area contributed by atoms with Gasteiger partial charge >= 0.3 is 0 Å². The number of hydrogen-bond donors (Lipinski definition) is 0. The van der Waals surface area contributed by atoms with E-state index in [9.17, 15) is 0 Å². The van der Waals surface area contributed by atoms with Gasteiger partial charge in [0.05, 0.1) is 10.7 Å². The van der Waals surface area contributed by atoms with Gasteiger partial charge in [-0.05, 0) is 69.2 Å². The Labute approximate surface area is 180 Å². The second-order valence-corrected chi connectivity index (χ2v) is 15.1. The number of hydrogen-bond acceptors (Lipinski definition) is 1. The molecule has 0 unspecified atom stereocenters. The lowest BCUT2D eigenvalue weighted by Crippen LogP contribution is -2.40. The molecule has 2 heteroatoms. The zero-order valence-electron chi connectivity index (χ0n) is 23.0. The molecule has 28 heavy (non-hydrogen) atoms. The van der Waals surface area contributed by atoms with Gasteiger partial charge in [-0.1, -0.05) is 87.7 Å². The topological polar surface area (TPSA) is 9.23 Å². The van der Waals surface area contributed by atoms with Crippen LogP contribution in [0.5, 0.6) is 0 Å². The molecule has 1 nitrogen and oxygen atoms in total. The Morgan fingerprint density at radius 3 is 2.43 bits per heavy atom. The van der Waals surface area contributed by atoms with Crippen molar-refractivity contribution >= 4 is 8.32 Å². The molecule has 0 N–H and O–H groups in total. The SMILES string of the molecule is [2H]\C(=C/C(C)=C\C([2H])=C([2H])\C(C)=C\CO[Si](C)(C)C(C)(C)C)C1=C(C)CCCC1(C)C. The van der Waals surface area contributed by atoms with E-state index < -0.39 is 8.32 Å². The van der Waals surface area contributed by atoms with Crippen LogP contribution in [0.25, 0.3) is 0 Å². The van der Waals surface area contributed by atoms with Crippen LogP contribution in [0.15, 0.2) is 58.7 Å². The maximum absolute atomic E-state index is 8.63. The first-order valence-electron chi connectivity index (χ1n) is 12.1. The van der Waals surface area contributed by atoms with E-state index in [0.29, 0.717) is 12.7 Å². The van der Waals surface area contributed by atoms with Gasteiger partial charge in [0, 0.05) is 0 Å². The zero-order chi connectivity index (χ0) is 24.2. The summed E-state index contributed by atoms with van der Waals surface area (Å²) in [6.07, 6.45) is 8.77. The summed E-state index contributed by atoms with van der Waals surface area (Å²) in [7, 11) is -1.83. The van der Waals surface area contributed by atoms with Crippen LogP contribution in [-0.2, 0) is 4.43 Å². The summed E-state index contributed by atoms with van der Waals surface area (Å²) >= 11 is 0. The Bertz CT molecular complexity index is 818. The lowest BCUT2D eigenvalue weighted by Gasteiger charge is -2.35. The Morgan fingerprint density at radius 1 is 1.21 bits per heavy atom. The van der Waals surface area contributed by atoms with Crippen LogP contribution in [0.4, 0.5) is 0 Å². The first-order chi connectivity index (χ1) is 14.0. The summed E-state index contributed by atoms with van der Waals surface area (Å²) in [4.78, 5) is 0. The van der Waals surface area contributed by atoms with Crippen molar-refractivity contribution in [2.45, 2.75) is 92.8 Å². The van der Waals surface area contributed by atoms with Crippen molar-refractivity contribution in [1.29, 1.82) is 0 Å². The van der Waals surface area contributed by atoms with Crippen molar-refractivity contribution in [2.24, 2.45) is 5.41 Å². The molecular weight excluding hydrogens is 356 g/mol. The van der Waals surface area contributed by atoms with Crippen LogP contribution in [0, 0.1) is 5.41 Å². The van der Waals surface area contributed by atoms with Gasteiger partial charge in [0.1, 0.15) is 0 Å². The normalized spacial score (nSPS) is 22.5. The molecule has 1 aliphatic rings. The van der Waals surface area contributed by atoms with E-state index in [-0.39, 0.29) is 22.6 Å². The third kappa shape index (κ3) is 7.71. The van der Waals surface area contributed by atoms with Gasteiger partial charge in [-0.3, -0.25) is 0 Å². The molecule has 158 valence electrons. The standard InChI is InChI=1S/C26H44OSi/c1-21(16-17-24-23(3)15-12-19-26(24,7)8)13-11-14-22(2)18-20-27-28(9,10)25(4,5)6/h11,13-14,16-18H,12,15,19-20H2,1-10H3/b14-11+,17-16+,21-13-,22-18+/i11D,14D,17D. The second-order valence-electron chi connectivity index (χ2n) is 10.3. The van der Waals surface area contributed by atoms with Crippen molar-refractivity contribution in [1.82, 2.24) is 0 Å². The summed E-state index contributed by atoms with van der Waals surface area (Å²) < 4.78 is 31.5. The fraction of sp³-hybridized carbons (Fsp3) is 0.615. The van der Waals surface area contributed by atoms with Crippen molar-refractivity contribution < 1.29 is 8.54 Å². The van der Waals surface area contributed by atoms with Crippen LogP contribution >= 0.6 is 0 Å². The van der Waals surface area contributed by atoms with E-state index >= 15 is 0 Å². The van der Waals surface area contributed by atoms with Gasteiger partial charge in [0.2, 0.25) is 0 Å². The van der Waals surface area contributed by atoms with Gasteiger partial charge in [-0.15, -0.1) is 0 Å². The first-order valence-corrected chi connectivity index (χ1v) is 13.5. The van der Waals surface area contributed by atoms with E-state index in [4.69, 9.17) is 8.54 Å². The van der Waals surface area contributed by atoms with E-state index in [1.807, 2.05) is 26.0 Å². The fourth-order valence-electron chi connectivity index (χ4n) is 3.08. The van der Waals surface area contributed by atoms with Crippen molar-refractivity contribution in [3.63, 3.8) is 0 Å². The lowest BCUT2D eigenvalue weighted by atomic mass is 9.72. The molecule has 0 fully saturated rings. The molecule has 0 aromatic rings. The number of rotatable bonds is 7. The minimum atomic E-state index is -1.83. The lowest BCUT2D eigenvalue weighted by molar-refractivity contribution is 0.327. The highest BCUT2D eigenvalue weighted by Gasteiger charge is 2.36. The van der Waals surface area contributed by atoms with Crippen LogP contribution in [0.3, 0.4) is 0 Å². The van der Waals surface area contributed by atoms with E-state index in [1.54, 1.807) is 6.08 Å². The van der Waals surface area contributed by atoms with E-state index in [2.05, 4.69) is 54.6 Å². The van der Waals surface area contributed by atoms with Gasteiger partial charge in [-0.25, -0.2) is 0 Å². The summed E-state index contributed by atoms with van der Waals surface area (Å²) in [6.45, 7) is 21.9. The van der Waals surface area contributed by atoms with Crippen molar-refractivity contribution in [3.8, 4) is 0 Å². The zero-order valence-corrected chi connectivity index (χ0v) is 21.0. The highest BCUT2D eigenvalue weighted by molar-refractivity contribution is 6.74. The molecule has 0 saturated carbocycles. The van der Waals surface area contributed by atoms with E-state index in [0.717, 1.165) is 29.6 Å². The Kier molecular flexibility index (Phi) is 7.25. The summed E-state index contributed by atoms with van der Waals surface area (Å²) in [5, 5.41) is 0.149. The quantitative estimate of drug-likeness (QED) is 0.305. The molecule has 0 aromatic heterocycles. The molecule has 0 bridgehead atoms. The molecule has 1 rings (SSSR count). The summed E-state index contributed by atoms with van der Waals surface area (Å²) in [5.74, 6) is 0. The molecule has 0 amide bonds. The smallest absolute Gasteiger partial charge is 0.192 e. The third-order valence-electron chi connectivity index (χ3n) is 6.11. The largest absolute Gasteiger partial charge is 0.413 e. The van der Waals surface area contributed by atoms with Crippen LogP contribution in [0.2, 0.25) is 18.1 Å². The van der Waals surface area contributed by atoms with Crippen LogP contribution in [0.1, 0.15) is 78.8 Å². The van der Waals surface area contributed by atoms with Gasteiger partial charge in [-0.2, -0.15) is 0 Å². The van der Waals surface area contributed by atoms with Crippen LogP contribution < -0.4 is 0 Å². The average molecular weight is 404 g/mol. The summed E-state index contributed by atoms with van der Waals surface area (Å²) in [6, 6.07) is 0.896. The van der Waals surface area contributed by atoms with Crippen LogP contribution in [-0.4, -0.2) is 14.9 Å². The summed E-state index contributed by atoms with van der Waals surface area (Å²) in [5.41, 5.74) is 4.02. The molecule has 0 atom stereocenters. The van der Waals surface area contributed by atoms with E-state index in [1.165, 1.54) is 12.0 Å². The maximum atomic E-state index is 8.63. The second kappa shape index (κ2) is 10.1.